The van der Waals surface area contributed by atoms with Gasteiger partial charge in [-0.2, -0.15) is 0 Å². The Kier molecular flexibility index (Phi) is 4.71. The molecule has 1 aliphatic rings. The zero-order chi connectivity index (χ0) is 17.9. The van der Waals surface area contributed by atoms with Gasteiger partial charge in [0.25, 0.3) is 0 Å². The van der Waals surface area contributed by atoms with Crippen LogP contribution in [0.1, 0.15) is 21.8 Å². The summed E-state index contributed by atoms with van der Waals surface area (Å²) in [6, 6.07) is 15.8. The maximum absolute atomic E-state index is 12.7. The molecule has 0 saturated heterocycles. The largest absolute Gasteiger partial charge is 0.486 e. The normalized spacial score (nSPS) is 12.9. The van der Waals surface area contributed by atoms with Crippen molar-refractivity contribution in [2.24, 2.45) is 0 Å². The zero-order valence-electron chi connectivity index (χ0n) is 14.6. The standard InChI is InChI=1S/C21H20N2O2S/c1-15-6-5-9-19-18(15)10-11-23(19)21(24)12-16-14-26-20(22-16)13-25-17-7-3-2-4-8-17/h2-9,14H,10-13H2,1H3. The molecule has 4 rings (SSSR count). The molecule has 0 unspecified atom stereocenters. The van der Waals surface area contributed by atoms with Gasteiger partial charge in [-0.15, -0.1) is 11.3 Å². The number of hydrogen-bond donors (Lipinski definition) is 0. The number of amides is 1. The van der Waals surface area contributed by atoms with Gasteiger partial charge in [-0.1, -0.05) is 30.3 Å². The second-order valence-electron chi connectivity index (χ2n) is 6.38. The first-order chi connectivity index (χ1) is 12.7. The van der Waals surface area contributed by atoms with E-state index in [2.05, 4.69) is 18.0 Å². The van der Waals surface area contributed by atoms with Gasteiger partial charge >= 0.3 is 0 Å². The molecule has 0 bridgehead atoms. The molecule has 1 aliphatic heterocycles. The number of aromatic nitrogens is 1. The van der Waals surface area contributed by atoms with Crippen LogP contribution in [0.4, 0.5) is 5.69 Å². The number of carbonyl (C=O) groups excluding carboxylic acids is 1. The Morgan fingerprint density at radius 2 is 2.04 bits per heavy atom. The van der Waals surface area contributed by atoms with Crippen molar-refractivity contribution >= 4 is 22.9 Å². The molecule has 4 nitrogen and oxygen atoms in total. The first kappa shape index (κ1) is 16.8. The average Bonchev–Trinajstić information content (AvgIpc) is 3.28. The quantitative estimate of drug-likeness (QED) is 0.683. The highest BCUT2D eigenvalue weighted by atomic mass is 32.1. The fourth-order valence-electron chi connectivity index (χ4n) is 3.28. The molecule has 1 amide bonds. The highest BCUT2D eigenvalue weighted by Crippen LogP contribution is 2.30. The van der Waals surface area contributed by atoms with E-state index in [0.29, 0.717) is 13.0 Å². The van der Waals surface area contributed by atoms with Gasteiger partial charge in [-0.3, -0.25) is 4.79 Å². The molecule has 0 N–H and O–H groups in total. The minimum absolute atomic E-state index is 0.107. The molecular weight excluding hydrogens is 344 g/mol. The van der Waals surface area contributed by atoms with Gasteiger partial charge < -0.3 is 9.64 Å². The van der Waals surface area contributed by atoms with Gasteiger partial charge in [0.1, 0.15) is 17.4 Å². The van der Waals surface area contributed by atoms with E-state index in [1.807, 2.05) is 52.7 Å². The fourth-order valence-corrected chi connectivity index (χ4v) is 3.98. The Balaban J connectivity index is 1.39. The molecular formula is C21H20N2O2S. The van der Waals surface area contributed by atoms with Crippen LogP contribution in [-0.4, -0.2) is 17.4 Å². The molecule has 0 saturated carbocycles. The smallest absolute Gasteiger partial charge is 0.233 e. The molecule has 0 aliphatic carbocycles. The molecule has 132 valence electrons. The van der Waals surface area contributed by atoms with E-state index in [1.165, 1.54) is 22.5 Å². The van der Waals surface area contributed by atoms with Gasteiger partial charge in [-0.25, -0.2) is 4.98 Å². The van der Waals surface area contributed by atoms with Crippen molar-refractivity contribution in [1.29, 1.82) is 0 Å². The van der Waals surface area contributed by atoms with Crippen LogP contribution in [0.15, 0.2) is 53.9 Å². The third-order valence-corrected chi connectivity index (χ3v) is 5.47. The van der Waals surface area contributed by atoms with Crippen molar-refractivity contribution in [3.8, 4) is 5.75 Å². The fraction of sp³-hybridized carbons (Fsp3) is 0.238. The second kappa shape index (κ2) is 7.30. The van der Waals surface area contributed by atoms with Crippen molar-refractivity contribution in [3.63, 3.8) is 0 Å². The van der Waals surface area contributed by atoms with Gasteiger partial charge in [0.05, 0.1) is 12.1 Å². The van der Waals surface area contributed by atoms with E-state index in [4.69, 9.17) is 4.74 Å². The highest BCUT2D eigenvalue weighted by Gasteiger charge is 2.25. The average molecular weight is 364 g/mol. The summed E-state index contributed by atoms with van der Waals surface area (Å²) in [6.45, 7) is 3.29. The van der Waals surface area contributed by atoms with Crippen LogP contribution in [0.5, 0.6) is 5.75 Å². The van der Waals surface area contributed by atoms with Crippen LogP contribution in [0.2, 0.25) is 0 Å². The number of fused-ring (bicyclic) bond motifs is 1. The number of nitrogens with zero attached hydrogens (tertiary/aromatic N) is 2. The topological polar surface area (TPSA) is 42.4 Å². The lowest BCUT2D eigenvalue weighted by molar-refractivity contribution is -0.117. The van der Waals surface area contributed by atoms with Crippen molar-refractivity contribution in [2.75, 3.05) is 11.4 Å². The number of rotatable bonds is 5. The molecule has 0 radical (unpaired) electrons. The molecule has 5 heteroatoms. The number of benzene rings is 2. The van der Waals surface area contributed by atoms with Gasteiger partial charge in [0.2, 0.25) is 5.91 Å². The van der Waals surface area contributed by atoms with E-state index in [1.54, 1.807) is 0 Å². The number of carbonyl (C=O) groups is 1. The molecule has 3 aromatic rings. The Labute approximate surface area is 157 Å². The lowest BCUT2D eigenvalue weighted by atomic mass is 10.1. The third-order valence-electron chi connectivity index (χ3n) is 4.60. The molecule has 0 spiro atoms. The Bertz CT molecular complexity index is 921. The third kappa shape index (κ3) is 3.48. The SMILES string of the molecule is Cc1cccc2c1CCN2C(=O)Cc1csc(COc2ccccc2)n1. The summed E-state index contributed by atoms with van der Waals surface area (Å²) < 4.78 is 5.72. The minimum atomic E-state index is 0.107. The molecule has 1 aromatic heterocycles. The lowest BCUT2D eigenvalue weighted by Crippen LogP contribution is -2.30. The summed E-state index contributed by atoms with van der Waals surface area (Å²) in [7, 11) is 0. The lowest BCUT2D eigenvalue weighted by Gasteiger charge is -2.17. The predicted molar refractivity (Wildman–Crippen MR) is 104 cm³/mol. The van der Waals surface area contributed by atoms with E-state index in [0.717, 1.165) is 35.1 Å². The molecule has 0 fully saturated rings. The predicted octanol–water partition coefficient (Wildman–Crippen LogP) is 4.16. The monoisotopic (exact) mass is 364 g/mol. The number of ether oxygens (including phenoxy) is 1. The van der Waals surface area contributed by atoms with Crippen LogP contribution in [0.25, 0.3) is 0 Å². The first-order valence-electron chi connectivity index (χ1n) is 8.70. The Morgan fingerprint density at radius 1 is 1.19 bits per heavy atom. The van der Waals surface area contributed by atoms with E-state index in [9.17, 15) is 4.79 Å². The zero-order valence-corrected chi connectivity index (χ0v) is 15.5. The van der Waals surface area contributed by atoms with Crippen molar-refractivity contribution < 1.29 is 9.53 Å². The van der Waals surface area contributed by atoms with Crippen LogP contribution in [0.3, 0.4) is 0 Å². The number of anilines is 1. The maximum Gasteiger partial charge on any atom is 0.233 e. The number of hydrogen-bond acceptors (Lipinski definition) is 4. The van der Waals surface area contributed by atoms with Crippen LogP contribution < -0.4 is 9.64 Å². The molecule has 26 heavy (non-hydrogen) atoms. The van der Waals surface area contributed by atoms with E-state index < -0.39 is 0 Å². The molecule has 2 heterocycles. The summed E-state index contributed by atoms with van der Waals surface area (Å²) in [5.41, 5.74) is 4.41. The number of thiazole rings is 1. The summed E-state index contributed by atoms with van der Waals surface area (Å²) >= 11 is 1.53. The highest BCUT2D eigenvalue weighted by molar-refractivity contribution is 7.09. The van der Waals surface area contributed by atoms with Gasteiger partial charge in [0.15, 0.2) is 0 Å². The van der Waals surface area contributed by atoms with Crippen molar-refractivity contribution in [1.82, 2.24) is 4.98 Å². The minimum Gasteiger partial charge on any atom is -0.486 e. The van der Waals surface area contributed by atoms with Crippen molar-refractivity contribution in [2.45, 2.75) is 26.4 Å². The number of para-hydroxylation sites is 1. The maximum atomic E-state index is 12.7. The first-order valence-corrected chi connectivity index (χ1v) is 9.58. The van der Waals surface area contributed by atoms with Gasteiger partial charge in [-0.05, 0) is 42.7 Å². The molecule has 2 aromatic carbocycles. The number of aryl methyl sites for hydroxylation is 1. The second-order valence-corrected chi connectivity index (χ2v) is 7.32. The Morgan fingerprint density at radius 3 is 2.88 bits per heavy atom. The summed E-state index contributed by atoms with van der Waals surface area (Å²) in [5.74, 6) is 0.930. The summed E-state index contributed by atoms with van der Waals surface area (Å²) in [6.07, 6.45) is 1.26. The van der Waals surface area contributed by atoms with Crippen LogP contribution in [0, 0.1) is 6.92 Å². The van der Waals surface area contributed by atoms with E-state index >= 15 is 0 Å². The van der Waals surface area contributed by atoms with Crippen LogP contribution in [-0.2, 0) is 24.2 Å². The van der Waals surface area contributed by atoms with Crippen molar-refractivity contribution in [3.05, 3.63) is 75.7 Å². The summed E-state index contributed by atoms with van der Waals surface area (Å²) in [5, 5.41) is 2.84. The Hall–Kier alpha value is -2.66. The molecule has 0 atom stereocenters. The van der Waals surface area contributed by atoms with Crippen LogP contribution >= 0.6 is 11.3 Å². The van der Waals surface area contributed by atoms with E-state index in [-0.39, 0.29) is 5.91 Å². The van der Waals surface area contributed by atoms with Gasteiger partial charge in [0, 0.05) is 17.6 Å². The summed E-state index contributed by atoms with van der Waals surface area (Å²) in [4.78, 5) is 19.2.